The molecule has 69 heavy (non-hydrogen) atoms. The van der Waals surface area contributed by atoms with Crippen molar-refractivity contribution in [1.82, 2.24) is 18.5 Å². The van der Waals surface area contributed by atoms with E-state index >= 15 is 0 Å². The lowest BCUT2D eigenvalue weighted by Gasteiger charge is -2.56. The van der Waals surface area contributed by atoms with Gasteiger partial charge in [0, 0.05) is 62.5 Å². The molecule has 1 fully saturated rings. The van der Waals surface area contributed by atoms with Crippen LogP contribution >= 0.6 is 0 Å². The van der Waals surface area contributed by atoms with Crippen LogP contribution in [0.25, 0.3) is 49.9 Å². The van der Waals surface area contributed by atoms with Crippen LogP contribution in [0, 0.1) is 24.9 Å². The normalized spacial score (nSPS) is 18.5. The van der Waals surface area contributed by atoms with Crippen molar-refractivity contribution in [3.8, 4) is 45.6 Å². The van der Waals surface area contributed by atoms with E-state index in [1.165, 1.54) is 44.9 Å². The van der Waals surface area contributed by atoms with Gasteiger partial charge in [-0.25, -0.2) is 4.98 Å². The first-order chi connectivity index (χ1) is 34.1. The molecule has 0 N–H and O–H groups in total. The molecule has 2 aromatic heterocycles. The highest BCUT2D eigenvalue weighted by Gasteiger charge is 2.64. The highest BCUT2D eigenvalue weighted by atomic mass is 16.5. The number of benzene rings is 7. The summed E-state index contributed by atoms with van der Waals surface area (Å²) in [4.78, 5) is 4.91. The van der Waals surface area contributed by atoms with Crippen molar-refractivity contribution in [2.45, 2.75) is 85.4 Å². The van der Waals surface area contributed by atoms with Gasteiger partial charge in [-0.1, -0.05) is 135 Å². The fourth-order valence-corrected chi connectivity index (χ4v) is 10.6. The molecule has 0 amide bonds. The van der Waals surface area contributed by atoms with E-state index in [2.05, 4.69) is 166 Å². The van der Waals surface area contributed by atoms with Crippen LogP contribution in [-0.2, 0) is 16.2 Å². The van der Waals surface area contributed by atoms with Gasteiger partial charge >= 0.3 is 0 Å². The van der Waals surface area contributed by atoms with Gasteiger partial charge in [0.1, 0.15) is 28.7 Å². The Labute approximate surface area is 411 Å². The Bertz CT molecular complexity index is 3670. The molecular formula is C63H60N5O+. The van der Waals surface area contributed by atoms with E-state index in [9.17, 15) is 5.26 Å². The lowest BCUT2D eigenvalue weighted by atomic mass is 9.80. The van der Waals surface area contributed by atoms with Crippen molar-refractivity contribution >= 4 is 44.6 Å². The molecule has 5 heterocycles. The molecule has 7 aromatic carbocycles. The minimum absolute atomic E-state index is 0.00471. The number of aromatic nitrogens is 2. The van der Waals surface area contributed by atoms with Crippen molar-refractivity contribution < 1.29 is 8.85 Å². The zero-order valence-electron chi connectivity index (χ0n) is 44.0. The summed E-state index contributed by atoms with van der Waals surface area (Å²) in [5.41, 5.74) is 14.7. The number of fused-ring (bicyclic) bond motifs is 3. The molecule has 3 aliphatic heterocycles. The molecule has 0 saturated carbocycles. The SMILES string of the molecule is [2H]C([2H])([2H])c1cc(-n2c3ccccc3c3ccc(Oc4cccc([N@@+]56[CH-][N@@+](c7cc(C(C)(C)C)cc(C(C)(C)C)c7)(C5)c5c(-c7cccc(C(C)(C)C)c7)cccc56)c4)cc32)ncc1-c1cccc(C#N)c1. The second-order valence-corrected chi connectivity index (χ2v) is 22.2. The third-order valence-corrected chi connectivity index (χ3v) is 14.4. The van der Waals surface area contributed by atoms with Crippen LogP contribution in [0.15, 0.2) is 164 Å². The lowest BCUT2D eigenvalue weighted by Crippen LogP contribution is -2.67. The molecule has 12 rings (SSSR count). The van der Waals surface area contributed by atoms with E-state index in [0.717, 1.165) is 34.2 Å². The van der Waals surface area contributed by atoms with Crippen LogP contribution in [-0.4, -0.2) is 16.2 Å². The highest BCUT2D eigenvalue weighted by molar-refractivity contribution is 6.09. The number of aryl methyl sites for hydroxylation is 1. The van der Waals surface area contributed by atoms with Gasteiger partial charge in [0.2, 0.25) is 0 Å². The van der Waals surface area contributed by atoms with Crippen molar-refractivity contribution in [2.24, 2.45) is 0 Å². The summed E-state index contributed by atoms with van der Waals surface area (Å²) < 4.78 is 35.9. The summed E-state index contributed by atoms with van der Waals surface area (Å²) in [7, 11) is 0. The van der Waals surface area contributed by atoms with Gasteiger partial charge in [0.25, 0.3) is 0 Å². The summed E-state index contributed by atoms with van der Waals surface area (Å²) in [6, 6.07) is 56.8. The number of para-hydroxylation sites is 2. The third kappa shape index (κ3) is 7.26. The zero-order valence-corrected chi connectivity index (χ0v) is 41.0. The number of nitriles is 1. The Morgan fingerprint density at radius 2 is 1.26 bits per heavy atom. The summed E-state index contributed by atoms with van der Waals surface area (Å²) in [5, 5.41) is 11.6. The van der Waals surface area contributed by atoms with Crippen molar-refractivity contribution in [3.63, 3.8) is 0 Å². The zero-order chi connectivity index (χ0) is 50.8. The first-order valence-corrected chi connectivity index (χ1v) is 23.9. The minimum atomic E-state index is -2.45. The molecule has 9 aromatic rings. The van der Waals surface area contributed by atoms with E-state index < -0.39 is 6.85 Å². The molecule has 2 bridgehead atoms. The van der Waals surface area contributed by atoms with Crippen molar-refractivity contribution in [3.05, 3.63) is 198 Å². The maximum absolute atomic E-state index is 9.62. The second kappa shape index (κ2) is 15.6. The number of hydrogen-bond acceptors (Lipinski definition) is 3. The topological polar surface area (TPSA) is 50.8 Å². The van der Waals surface area contributed by atoms with Crippen LogP contribution in [0.1, 0.15) is 94.2 Å². The first-order valence-electron chi connectivity index (χ1n) is 25.4. The van der Waals surface area contributed by atoms with E-state index in [1.54, 1.807) is 30.5 Å². The molecule has 6 heteroatoms. The summed E-state index contributed by atoms with van der Waals surface area (Å²) >= 11 is 0. The molecule has 0 aliphatic carbocycles. The van der Waals surface area contributed by atoms with Crippen molar-refractivity contribution in [1.29, 1.82) is 5.26 Å². The van der Waals surface area contributed by atoms with E-state index in [-0.39, 0.29) is 21.8 Å². The number of rotatable bonds is 7. The lowest BCUT2D eigenvalue weighted by molar-refractivity contribution is 0.187. The van der Waals surface area contributed by atoms with Crippen LogP contribution in [0.3, 0.4) is 0 Å². The molecule has 0 spiro atoms. The van der Waals surface area contributed by atoms with Gasteiger partial charge in [-0.2, -0.15) is 5.26 Å². The average Bonchev–Trinajstić information content (AvgIpc) is 3.94. The van der Waals surface area contributed by atoms with Crippen molar-refractivity contribution in [2.75, 3.05) is 6.67 Å². The van der Waals surface area contributed by atoms with Gasteiger partial charge in [-0.3, -0.25) is 13.5 Å². The molecule has 0 unspecified atom stereocenters. The fraction of sp³-hybridized carbons (Fsp3) is 0.222. The van der Waals surface area contributed by atoms with Crippen LogP contribution in [0.2, 0.25) is 0 Å². The number of nitrogens with zero attached hydrogens (tertiary/aromatic N) is 5. The quantitative estimate of drug-likeness (QED) is 0.118. The second-order valence-electron chi connectivity index (χ2n) is 22.2. The van der Waals surface area contributed by atoms with Gasteiger partial charge in [0.05, 0.1) is 29.3 Å². The van der Waals surface area contributed by atoms with E-state index in [4.69, 9.17) is 13.8 Å². The Kier molecular flexibility index (Phi) is 9.22. The molecule has 1 saturated heterocycles. The third-order valence-electron chi connectivity index (χ3n) is 14.4. The average molecular weight is 906 g/mol. The number of pyridine rings is 1. The number of hydrogen-bond donors (Lipinski definition) is 0. The summed E-state index contributed by atoms with van der Waals surface area (Å²) in [6.07, 6.45) is 1.61. The van der Waals surface area contributed by atoms with Gasteiger partial charge in [0.15, 0.2) is 18.0 Å². The summed E-state index contributed by atoms with van der Waals surface area (Å²) in [6.45, 7) is 21.6. The van der Waals surface area contributed by atoms with Gasteiger partial charge < -0.3 is 4.74 Å². The molecule has 342 valence electrons. The maximum Gasteiger partial charge on any atom is 0.188 e. The van der Waals surface area contributed by atoms with Crippen LogP contribution in [0.4, 0.5) is 22.7 Å². The monoisotopic (exact) mass is 905 g/mol. The predicted octanol–water partition coefficient (Wildman–Crippen LogP) is 16.8. The number of ether oxygens (including phenoxy) is 1. The Morgan fingerprint density at radius 1 is 0.594 bits per heavy atom. The minimum Gasteiger partial charge on any atom is -0.457 e. The molecular weight excluding hydrogens is 843 g/mol. The first kappa shape index (κ1) is 40.7. The molecule has 3 aliphatic rings. The van der Waals surface area contributed by atoms with E-state index in [0.29, 0.717) is 43.0 Å². The largest absolute Gasteiger partial charge is 0.457 e. The Balaban J connectivity index is 1.02. The number of quaternary nitrogens is 2. The maximum atomic E-state index is 9.62. The smallest absolute Gasteiger partial charge is 0.188 e. The molecule has 2 atom stereocenters. The highest BCUT2D eigenvalue weighted by Crippen LogP contribution is 2.68. The van der Waals surface area contributed by atoms with Gasteiger partial charge in [-0.05, 0) is 111 Å². The fourth-order valence-electron chi connectivity index (χ4n) is 10.6. The predicted molar refractivity (Wildman–Crippen MR) is 286 cm³/mol. The summed E-state index contributed by atoms with van der Waals surface area (Å²) in [5.74, 6) is 1.82. The van der Waals surface area contributed by atoms with Crippen LogP contribution in [0.5, 0.6) is 11.5 Å². The molecule has 0 radical (unpaired) electrons. The van der Waals surface area contributed by atoms with Crippen LogP contribution < -0.4 is 13.7 Å². The standard InChI is InChI=1S/C63H60N5O/c1-41-29-59(65-38-55(41)43-18-13-17-42(30-43)37-64)66-56-25-12-11-23-53(56)54-28-27-51(36-57(54)66)69-50-22-15-21-48(35-50)67-39-68(40-67,49-33-46(62(5,6)7)32-47(34-49)63(8,9)10)60-52(24-16-26-58(60)67)44-19-14-20-45(31-44)61(2,3)4/h11-36,38-39H,40H2,1-10H3/q+1/t67-,68+/m1/s1/i1D3. The van der Waals surface area contributed by atoms with E-state index in [1.807, 2.05) is 47.0 Å². The molecule has 6 nitrogen and oxygen atoms in total. The Morgan fingerprint density at radius 3 is 1.99 bits per heavy atom. The van der Waals surface area contributed by atoms with Gasteiger partial charge in [-0.15, -0.1) is 0 Å². The Hall–Kier alpha value is -7.30.